The minimum absolute atomic E-state index is 0.0566. The van der Waals surface area contributed by atoms with Crippen LogP contribution in [0.1, 0.15) is 17.4 Å². The summed E-state index contributed by atoms with van der Waals surface area (Å²) in [5.74, 6) is -0.0566. The van der Waals surface area contributed by atoms with Crippen LogP contribution in [-0.2, 0) is 0 Å². The lowest BCUT2D eigenvalue weighted by Crippen LogP contribution is -2.48. The second-order valence-corrected chi connectivity index (χ2v) is 4.17. The molecule has 0 unspecified atom stereocenters. The third-order valence-electron chi connectivity index (χ3n) is 3.15. The number of hydrogen-bond acceptors (Lipinski definition) is 4. The molecule has 0 aromatic carbocycles. The van der Waals surface area contributed by atoms with Crippen LogP contribution in [0, 0.1) is 0 Å². The maximum absolute atomic E-state index is 12.2. The van der Waals surface area contributed by atoms with Crippen molar-refractivity contribution in [2.75, 3.05) is 38.5 Å². The van der Waals surface area contributed by atoms with Crippen molar-refractivity contribution in [3.05, 3.63) is 24.0 Å². The third kappa shape index (κ3) is 2.55. The van der Waals surface area contributed by atoms with E-state index in [2.05, 4.69) is 16.8 Å². The zero-order valence-corrected chi connectivity index (χ0v) is 10.1. The number of rotatable bonds is 2. The molecule has 5 heteroatoms. The average Bonchev–Trinajstić information content (AvgIpc) is 2.39. The van der Waals surface area contributed by atoms with Crippen molar-refractivity contribution < 1.29 is 4.79 Å². The fourth-order valence-electron chi connectivity index (χ4n) is 2.01. The molecule has 2 heterocycles. The van der Waals surface area contributed by atoms with Crippen LogP contribution in [0.15, 0.2) is 18.3 Å². The number of pyridine rings is 1. The highest BCUT2D eigenvalue weighted by Gasteiger charge is 2.23. The number of nitrogens with zero attached hydrogens (tertiary/aromatic N) is 3. The van der Waals surface area contributed by atoms with Crippen LogP contribution in [0.25, 0.3) is 0 Å². The SMILES string of the molecule is CCN1CCN(C(=O)c2ncccc2N)CC1. The first-order valence-corrected chi connectivity index (χ1v) is 5.94. The van der Waals surface area contributed by atoms with Crippen molar-refractivity contribution in [1.82, 2.24) is 14.8 Å². The summed E-state index contributed by atoms with van der Waals surface area (Å²) in [6.07, 6.45) is 1.60. The monoisotopic (exact) mass is 234 g/mol. The summed E-state index contributed by atoms with van der Waals surface area (Å²) in [5, 5.41) is 0. The zero-order chi connectivity index (χ0) is 12.3. The lowest BCUT2D eigenvalue weighted by Gasteiger charge is -2.33. The van der Waals surface area contributed by atoms with Gasteiger partial charge in [-0.2, -0.15) is 0 Å². The highest BCUT2D eigenvalue weighted by atomic mass is 16.2. The van der Waals surface area contributed by atoms with Crippen molar-refractivity contribution in [1.29, 1.82) is 0 Å². The summed E-state index contributed by atoms with van der Waals surface area (Å²) >= 11 is 0. The van der Waals surface area contributed by atoms with Gasteiger partial charge in [-0.15, -0.1) is 0 Å². The van der Waals surface area contributed by atoms with Gasteiger partial charge in [0.05, 0.1) is 5.69 Å². The Hall–Kier alpha value is -1.62. The lowest BCUT2D eigenvalue weighted by atomic mass is 10.2. The number of anilines is 1. The van der Waals surface area contributed by atoms with Crippen LogP contribution in [0.4, 0.5) is 5.69 Å². The first-order chi connectivity index (χ1) is 8.22. The molecule has 0 aliphatic carbocycles. The molecule has 17 heavy (non-hydrogen) atoms. The third-order valence-corrected chi connectivity index (χ3v) is 3.15. The second kappa shape index (κ2) is 5.14. The highest BCUT2D eigenvalue weighted by Crippen LogP contribution is 2.12. The zero-order valence-electron chi connectivity index (χ0n) is 10.1. The van der Waals surface area contributed by atoms with Crippen molar-refractivity contribution >= 4 is 11.6 Å². The quantitative estimate of drug-likeness (QED) is 0.806. The van der Waals surface area contributed by atoms with Crippen molar-refractivity contribution in [3.8, 4) is 0 Å². The summed E-state index contributed by atoms with van der Waals surface area (Å²) < 4.78 is 0. The molecular formula is C12H18N4O. The van der Waals surface area contributed by atoms with Crippen LogP contribution < -0.4 is 5.73 Å². The predicted molar refractivity (Wildman–Crippen MR) is 66.7 cm³/mol. The number of carbonyl (C=O) groups is 1. The second-order valence-electron chi connectivity index (χ2n) is 4.17. The molecule has 92 valence electrons. The molecule has 1 aliphatic rings. The average molecular weight is 234 g/mol. The Balaban J connectivity index is 2.04. The van der Waals surface area contributed by atoms with Gasteiger partial charge in [-0.25, -0.2) is 4.98 Å². The molecule has 1 aromatic rings. The molecule has 0 spiro atoms. The molecule has 2 N–H and O–H groups in total. The molecule has 0 saturated carbocycles. The summed E-state index contributed by atoms with van der Waals surface area (Å²) in [7, 11) is 0. The number of aromatic nitrogens is 1. The smallest absolute Gasteiger partial charge is 0.274 e. The normalized spacial score (nSPS) is 17.1. The van der Waals surface area contributed by atoms with E-state index in [1.807, 2.05) is 4.90 Å². The number of piperazine rings is 1. The van der Waals surface area contributed by atoms with Gasteiger partial charge in [-0.3, -0.25) is 4.79 Å². The van der Waals surface area contributed by atoms with Crippen LogP contribution in [0.3, 0.4) is 0 Å². The van der Waals surface area contributed by atoms with Gasteiger partial charge >= 0.3 is 0 Å². The molecule has 1 aromatic heterocycles. The molecule has 1 fully saturated rings. The first kappa shape index (κ1) is 11.9. The number of carbonyl (C=O) groups excluding carboxylic acids is 1. The molecule has 1 aliphatic heterocycles. The van der Waals surface area contributed by atoms with E-state index in [1.54, 1.807) is 18.3 Å². The molecule has 0 atom stereocenters. The Kier molecular flexibility index (Phi) is 3.58. The topological polar surface area (TPSA) is 62.5 Å². The Morgan fingerprint density at radius 3 is 2.71 bits per heavy atom. The van der Waals surface area contributed by atoms with Gasteiger partial charge in [0.25, 0.3) is 5.91 Å². The van der Waals surface area contributed by atoms with Crippen molar-refractivity contribution in [2.45, 2.75) is 6.92 Å². The standard InChI is InChI=1S/C12H18N4O/c1-2-15-6-8-16(9-7-15)12(17)11-10(13)4-3-5-14-11/h3-5H,2,6-9,13H2,1H3. The highest BCUT2D eigenvalue weighted by molar-refractivity contribution is 5.97. The van der Waals surface area contributed by atoms with E-state index in [-0.39, 0.29) is 5.91 Å². The van der Waals surface area contributed by atoms with Gasteiger partial charge in [0.1, 0.15) is 0 Å². The Morgan fingerprint density at radius 1 is 1.41 bits per heavy atom. The summed E-state index contributed by atoms with van der Waals surface area (Å²) in [6, 6.07) is 3.45. The predicted octanol–water partition coefficient (Wildman–Crippen LogP) is 0.441. The fourth-order valence-corrected chi connectivity index (χ4v) is 2.01. The van der Waals surface area contributed by atoms with Gasteiger partial charge < -0.3 is 15.5 Å². The number of likely N-dealkylation sites (N-methyl/N-ethyl adjacent to an activating group) is 1. The van der Waals surface area contributed by atoms with E-state index >= 15 is 0 Å². The molecule has 5 nitrogen and oxygen atoms in total. The minimum Gasteiger partial charge on any atom is -0.397 e. The van der Waals surface area contributed by atoms with Gasteiger partial charge in [0.2, 0.25) is 0 Å². The lowest BCUT2D eigenvalue weighted by molar-refractivity contribution is 0.0639. The van der Waals surface area contributed by atoms with Crippen LogP contribution >= 0.6 is 0 Å². The Labute approximate surface area is 101 Å². The van der Waals surface area contributed by atoms with Crippen molar-refractivity contribution in [2.24, 2.45) is 0 Å². The maximum Gasteiger partial charge on any atom is 0.274 e. The molecule has 0 bridgehead atoms. The molecule has 1 saturated heterocycles. The van der Waals surface area contributed by atoms with E-state index in [0.29, 0.717) is 11.4 Å². The summed E-state index contributed by atoms with van der Waals surface area (Å²) in [4.78, 5) is 20.4. The maximum atomic E-state index is 12.2. The van der Waals surface area contributed by atoms with Gasteiger partial charge in [0, 0.05) is 32.4 Å². The van der Waals surface area contributed by atoms with Gasteiger partial charge in [-0.1, -0.05) is 6.92 Å². The van der Waals surface area contributed by atoms with E-state index in [0.717, 1.165) is 32.7 Å². The molecule has 0 radical (unpaired) electrons. The van der Waals surface area contributed by atoms with E-state index in [1.165, 1.54) is 0 Å². The molecular weight excluding hydrogens is 216 g/mol. The Bertz CT molecular complexity index is 399. The number of nitrogens with two attached hydrogens (primary N) is 1. The van der Waals surface area contributed by atoms with Gasteiger partial charge in [-0.05, 0) is 18.7 Å². The van der Waals surface area contributed by atoms with E-state index in [9.17, 15) is 4.79 Å². The Morgan fingerprint density at radius 2 is 2.12 bits per heavy atom. The number of nitrogen functional groups attached to an aromatic ring is 1. The van der Waals surface area contributed by atoms with E-state index < -0.39 is 0 Å². The van der Waals surface area contributed by atoms with Gasteiger partial charge in [0.15, 0.2) is 5.69 Å². The van der Waals surface area contributed by atoms with E-state index in [4.69, 9.17) is 5.73 Å². The number of amides is 1. The summed E-state index contributed by atoms with van der Waals surface area (Å²) in [5.41, 5.74) is 6.59. The van der Waals surface area contributed by atoms with Crippen LogP contribution in [0.2, 0.25) is 0 Å². The molecule has 2 rings (SSSR count). The number of hydrogen-bond donors (Lipinski definition) is 1. The largest absolute Gasteiger partial charge is 0.397 e. The van der Waals surface area contributed by atoms with Crippen molar-refractivity contribution in [3.63, 3.8) is 0 Å². The minimum atomic E-state index is -0.0566. The molecule has 1 amide bonds. The fraction of sp³-hybridized carbons (Fsp3) is 0.500. The first-order valence-electron chi connectivity index (χ1n) is 5.94. The van der Waals surface area contributed by atoms with Crippen LogP contribution in [0.5, 0.6) is 0 Å². The van der Waals surface area contributed by atoms with Crippen LogP contribution in [-0.4, -0.2) is 53.4 Å². The summed E-state index contributed by atoms with van der Waals surface area (Å²) in [6.45, 7) is 6.53.